The molecule has 6 nitrogen and oxygen atoms in total. The number of amides is 1. The number of hydrogen-bond donors (Lipinski definition) is 2. The average molecular weight is 397 g/mol. The zero-order valence-corrected chi connectivity index (χ0v) is 16.0. The molecule has 0 aliphatic carbocycles. The van der Waals surface area contributed by atoms with Gasteiger partial charge in [-0.15, -0.1) is 0 Å². The highest BCUT2D eigenvalue weighted by Crippen LogP contribution is 2.15. The highest BCUT2D eigenvalue weighted by Gasteiger charge is 2.27. The van der Waals surface area contributed by atoms with Crippen LogP contribution in [0.5, 0.6) is 0 Å². The first-order valence-corrected chi connectivity index (χ1v) is 10.7. The summed E-state index contributed by atoms with van der Waals surface area (Å²) in [5.41, 5.74) is 0.718. The predicted molar refractivity (Wildman–Crippen MR) is 101 cm³/mol. The van der Waals surface area contributed by atoms with Crippen LogP contribution < -0.4 is 10.0 Å². The molecule has 1 atom stereocenters. The van der Waals surface area contributed by atoms with Gasteiger partial charge in [-0.05, 0) is 49.6 Å². The number of nitrogens with zero attached hydrogens (tertiary/aromatic N) is 1. The lowest BCUT2D eigenvalue weighted by Crippen LogP contribution is -2.44. The minimum atomic E-state index is -4.18. The highest BCUT2D eigenvalue weighted by atomic mass is 32.2. The molecular weight excluding hydrogens is 377 g/mol. The molecule has 140 valence electrons. The van der Waals surface area contributed by atoms with Crippen LogP contribution in [0.15, 0.2) is 47.4 Å². The summed E-state index contributed by atoms with van der Waals surface area (Å²) < 4.78 is 41.1. The van der Waals surface area contributed by atoms with Gasteiger partial charge >= 0.3 is 0 Å². The number of anilines is 1. The van der Waals surface area contributed by atoms with Crippen molar-refractivity contribution >= 4 is 33.5 Å². The standard InChI is InChI=1S/C17H20FN3O3S2/c1-12-6-5-9-16(19-12)20-17(22)14(10-11-25-2)21-26(23,24)15-8-4-3-7-13(15)18/h3-9,14,21H,10-11H2,1-2H3,(H,19,20,22)/t14-/m1/s1. The van der Waals surface area contributed by atoms with Crippen molar-refractivity contribution < 1.29 is 17.6 Å². The van der Waals surface area contributed by atoms with E-state index in [1.165, 1.54) is 23.9 Å². The van der Waals surface area contributed by atoms with Gasteiger partial charge in [-0.1, -0.05) is 18.2 Å². The van der Waals surface area contributed by atoms with E-state index in [1.807, 2.05) is 6.26 Å². The van der Waals surface area contributed by atoms with Gasteiger partial charge in [0.15, 0.2) is 0 Å². The number of benzene rings is 1. The number of carbonyl (C=O) groups excluding carboxylic acids is 1. The van der Waals surface area contributed by atoms with E-state index >= 15 is 0 Å². The van der Waals surface area contributed by atoms with Crippen molar-refractivity contribution in [3.63, 3.8) is 0 Å². The number of sulfonamides is 1. The molecule has 9 heteroatoms. The van der Waals surface area contributed by atoms with Crippen LogP contribution in [0.25, 0.3) is 0 Å². The van der Waals surface area contributed by atoms with Gasteiger partial charge in [0.2, 0.25) is 15.9 Å². The molecule has 0 radical (unpaired) electrons. The monoisotopic (exact) mass is 397 g/mol. The van der Waals surface area contributed by atoms with Crippen LogP contribution in [0.3, 0.4) is 0 Å². The van der Waals surface area contributed by atoms with Gasteiger partial charge in [0.1, 0.15) is 22.6 Å². The first kappa shape index (κ1) is 20.3. The molecule has 0 saturated heterocycles. The van der Waals surface area contributed by atoms with Gasteiger partial charge in [0, 0.05) is 5.69 Å². The van der Waals surface area contributed by atoms with E-state index in [9.17, 15) is 17.6 Å². The minimum Gasteiger partial charge on any atom is -0.309 e. The molecule has 0 unspecified atom stereocenters. The van der Waals surface area contributed by atoms with Crippen molar-refractivity contribution in [2.24, 2.45) is 0 Å². The number of rotatable bonds is 8. The van der Waals surface area contributed by atoms with E-state index in [-0.39, 0.29) is 6.42 Å². The third kappa shape index (κ3) is 5.52. The Bertz CT molecular complexity index is 875. The molecule has 1 heterocycles. The lowest BCUT2D eigenvalue weighted by atomic mass is 10.2. The maximum Gasteiger partial charge on any atom is 0.244 e. The van der Waals surface area contributed by atoms with Crippen molar-refractivity contribution in [3.05, 3.63) is 54.0 Å². The molecule has 0 fully saturated rings. The second kappa shape index (κ2) is 9.11. The number of halogens is 1. The average Bonchev–Trinajstić information content (AvgIpc) is 2.58. The van der Waals surface area contributed by atoms with Gasteiger partial charge < -0.3 is 5.32 Å². The Labute approximate surface area is 156 Å². The van der Waals surface area contributed by atoms with E-state index < -0.39 is 32.7 Å². The Morgan fingerprint density at radius 3 is 2.62 bits per heavy atom. The van der Waals surface area contributed by atoms with E-state index in [0.717, 1.165) is 17.8 Å². The number of aryl methyl sites for hydroxylation is 1. The molecule has 1 amide bonds. The fourth-order valence-electron chi connectivity index (χ4n) is 2.22. The number of thioether (sulfide) groups is 1. The molecule has 0 bridgehead atoms. The molecule has 26 heavy (non-hydrogen) atoms. The largest absolute Gasteiger partial charge is 0.309 e. The lowest BCUT2D eigenvalue weighted by Gasteiger charge is -2.18. The van der Waals surface area contributed by atoms with Crippen LogP contribution in [0, 0.1) is 12.7 Å². The second-order valence-corrected chi connectivity index (χ2v) is 8.21. The van der Waals surface area contributed by atoms with Gasteiger partial charge in [-0.25, -0.2) is 17.8 Å². The van der Waals surface area contributed by atoms with Gasteiger partial charge in [0.05, 0.1) is 0 Å². The Morgan fingerprint density at radius 2 is 1.96 bits per heavy atom. The number of carbonyl (C=O) groups is 1. The minimum absolute atomic E-state index is 0.256. The highest BCUT2D eigenvalue weighted by molar-refractivity contribution is 7.98. The van der Waals surface area contributed by atoms with Gasteiger partial charge in [-0.3, -0.25) is 4.79 Å². The number of pyridine rings is 1. The zero-order chi connectivity index (χ0) is 19.2. The first-order chi connectivity index (χ1) is 12.3. The van der Waals surface area contributed by atoms with E-state index in [1.54, 1.807) is 25.1 Å². The van der Waals surface area contributed by atoms with Crippen molar-refractivity contribution in [2.45, 2.75) is 24.3 Å². The van der Waals surface area contributed by atoms with Gasteiger partial charge in [-0.2, -0.15) is 16.5 Å². The van der Waals surface area contributed by atoms with Crippen LogP contribution in [0.4, 0.5) is 10.2 Å². The molecule has 0 aliphatic heterocycles. The smallest absolute Gasteiger partial charge is 0.244 e. The third-order valence-electron chi connectivity index (χ3n) is 3.49. The summed E-state index contributed by atoms with van der Waals surface area (Å²) in [5, 5.41) is 2.60. The molecule has 2 rings (SSSR count). The summed E-state index contributed by atoms with van der Waals surface area (Å²) >= 11 is 1.48. The van der Waals surface area contributed by atoms with Crippen molar-refractivity contribution in [3.8, 4) is 0 Å². The van der Waals surface area contributed by atoms with Crippen LogP contribution in [-0.4, -0.2) is 37.4 Å². The molecular formula is C17H20FN3O3S2. The van der Waals surface area contributed by atoms with Crippen molar-refractivity contribution in [2.75, 3.05) is 17.3 Å². The second-order valence-electron chi connectivity index (χ2n) is 5.54. The SMILES string of the molecule is CSCC[C@@H](NS(=O)(=O)c1ccccc1F)C(=O)Nc1cccc(C)n1. The Morgan fingerprint density at radius 1 is 1.23 bits per heavy atom. The molecule has 1 aromatic heterocycles. The summed E-state index contributed by atoms with van der Waals surface area (Å²) in [6.07, 6.45) is 2.11. The summed E-state index contributed by atoms with van der Waals surface area (Å²) in [6, 6.07) is 9.11. The Kier molecular flexibility index (Phi) is 7.13. The van der Waals surface area contributed by atoms with Gasteiger partial charge in [0.25, 0.3) is 0 Å². The van der Waals surface area contributed by atoms with Crippen LogP contribution in [0.2, 0.25) is 0 Å². The van der Waals surface area contributed by atoms with Crippen LogP contribution >= 0.6 is 11.8 Å². The fraction of sp³-hybridized carbons (Fsp3) is 0.294. The molecule has 0 saturated carbocycles. The summed E-state index contributed by atoms with van der Waals surface area (Å²) in [7, 11) is -4.18. The van der Waals surface area contributed by atoms with Crippen molar-refractivity contribution in [1.82, 2.24) is 9.71 Å². The molecule has 0 spiro atoms. The topological polar surface area (TPSA) is 88.2 Å². The predicted octanol–water partition coefficient (Wildman–Crippen LogP) is 2.57. The maximum absolute atomic E-state index is 13.8. The summed E-state index contributed by atoms with van der Waals surface area (Å²) in [6.45, 7) is 1.78. The molecule has 2 aromatic rings. The molecule has 1 aromatic carbocycles. The molecule has 2 N–H and O–H groups in total. The van der Waals surface area contributed by atoms with Crippen molar-refractivity contribution in [1.29, 1.82) is 0 Å². The van der Waals surface area contributed by atoms with Crippen LogP contribution in [0.1, 0.15) is 12.1 Å². The Balaban J connectivity index is 2.21. The zero-order valence-electron chi connectivity index (χ0n) is 14.4. The molecule has 0 aliphatic rings. The van der Waals surface area contributed by atoms with E-state index in [0.29, 0.717) is 11.6 Å². The van der Waals surface area contributed by atoms with Crippen LogP contribution in [-0.2, 0) is 14.8 Å². The summed E-state index contributed by atoms with van der Waals surface area (Å²) in [4.78, 5) is 16.2. The maximum atomic E-state index is 13.8. The third-order valence-corrected chi connectivity index (χ3v) is 5.64. The quantitative estimate of drug-likeness (QED) is 0.715. The normalized spacial score (nSPS) is 12.6. The number of aromatic nitrogens is 1. The van der Waals surface area contributed by atoms with E-state index in [2.05, 4.69) is 15.0 Å². The number of nitrogens with one attached hydrogen (secondary N) is 2. The Hall–Kier alpha value is -1.97. The summed E-state index contributed by atoms with van der Waals surface area (Å²) in [5.74, 6) is -0.533. The van der Waals surface area contributed by atoms with E-state index in [4.69, 9.17) is 0 Å². The fourth-order valence-corrected chi connectivity index (χ4v) is 4.00. The number of hydrogen-bond acceptors (Lipinski definition) is 5. The lowest BCUT2D eigenvalue weighted by molar-refractivity contribution is -0.117. The first-order valence-electron chi connectivity index (χ1n) is 7.84.